The Bertz CT molecular complexity index is 712. The minimum absolute atomic E-state index is 0.249. The number of guanidine groups is 1. The number of hydrogen-bond acceptors (Lipinski definition) is 6. The second-order valence-corrected chi connectivity index (χ2v) is 5.77. The molecule has 0 saturated heterocycles. The van der Waals surface area contributed by atoms with E-state index in [0.717, 1.165) is 5.56 Å². The first-order valence-corrected chi connectivity index (χ1v) is 8.10. The minimum atomic E-state index is 0.249. The third-order valence-corrected chi connectivity index (χ3v) is 3.53. The quantitative estimate of drug-likeness (QED) is 0.554. The molecule has 0 unspecified atom stereocenters. The van der Waals surface area contributed by atoms with E-state index in [4.69, 9.17) is 19.7 Å². The Balaban J connectivity index is 1.83. The summed E-state index contributed by atoms with van der Waals surface area (Å²) in [4.78, 5) is 8.62. The van der Waals surface area contributed by atoms with E-state index in [1.165, 1.54) is 0 Å². The molecule has 1 heterocycles. The third kappa shape index (κ3) is 5.37. The van der Waals surface area contributed by atoms with Crippen LogP contribution in [-0.4, -0.2) is 36.9 Å². The van der Waals surface area contributed by atoms with Gasteiger partial charge in [0.05, 0.1) is 20.8 Å². The van der Waals surface area contributed by atoms with Crippen molar-refractivity contribution < 1.29 is 14.0 Å². The molecule has 0 amide bonds. The van der Waals surface area contributed by atoms with Gasteiger partial charge in [0.25, 0.3) is 0 Å². The fourth-order valence-corrected chi connectivity index (χ4v) is 2.11. The molecule has 25 heavy (non-hydrogen) atoms. The van der Waals surface area contributed by atoms with Crippen molar-refractivity contribution in [2.75, 3.05) is 20.8 Å². The molecule has 0 bridgehead atoms. The molecule has 0 saturated carbocycles. The van der Waals surface area contributed by atoms with Crippen LogP contribution in [0.3, 0.4) is 0 Å². The van der Waals surface area contributed by atoms with Crippen LogP contribution >= 0.6 is 0 Å². The van der Waals surface area contributed by atoms with Crippen LogP contribution in [0.1, 0.15) is 37.0 Å². The Morgan fingerprint density at radius 3 is 2.68 bits per heavy atom. The molecule has 0 spiro atoms. The zero-order valence-corrected chi connectivity index (χ0v) is 15.1. The van der Waals surface area contributed by atoms with Crippen LogP contribution in [0.4, 0.5) is 0 Å². The van der Waals surface area contributed by atoms with Crippen molar-refractivity contribution in [3.8, 4) is 11.5 Å². The van der Waals surface area contributed by atoms with Crippen molar-refractivity contribution in [1.29, 1.82) is 0 Å². The predicted octanol–water partition coefficient (Wildman–Crippen LogP) is 1.86. The van der Waals surface area contributed by atoms with Gasteiger partial charge in [-0.25, -0.2) is 4.99 Å². The summed E-state index contributed by atoms with van der Waals surface area (Å²) in [6, 6.07) is 5.64. The topological polar surface area (TPSA) is 108 Å². The van der Waals surface area contributed by atoms with Crippen LogP contribution in [0.15, 0.2) is 27.7 Å². The van der Waals surface area contributed by atoms with Crippen LogP contribution < -0.4 is 20.5 Å². The van der Waals surface area contributed by atoms with Crippen molar-refractivity contribution in [3.05, 3.63) is 35.5 Å². The maximum atomic E-state index is 5.88. The molecular weight excluding hydrogens is 322 g/mol. The number of aliphatic imine (C=N–C) groups is 1. The van der Waals surface area contributed by atoms with Crippen LogP contribution in [0, 0.1) is 0 Å². The summed E-state index contributed by atoms with van der Waals surface area (Å²) in [5.41, 5.74) is 6.86. The normalized spacial score (nSPS) is 11.6. The lowest BCUT2D eigenvalue weighted by molar-refractivity contribution is 0.354. The molecular formula is C17H25N5O3. The predicted molar refractivity (Wildman–Crippen MR) is 95.0 cm³/mol. The Labute approximate surface area is 147 Å². The number of rotatable bonds is 8. The van der Waals surface area contributed by atoms with Crippen LogP contribution in [0.25, 0.3) is 0 Å². The molecule has 0 atom stereocenters. The van der Waals surface area contributed by atoms with Gasteiger partial charge in [0.2, 0.25) is 5.89 Å². The van der Waals surface area contributed by atoms with Gasteiger partial charge in [0, 0.05) is 18.9 Å². The molecule has 8 nitrogen and oxygen atoms in total. The highest BCUT2D eigenvalue weighted by Crippen LogP contribution is 2.27. The Kier molecular flexibility index (Phi) is 6.62. The standard InChI is InChI=1S/C17H25N5O3/c1-11(2)16-21-15(25-22-16)7-8-19-17(18)20-10-12-5-6-13(23-3)14(9-12)24-4/h5-6,9,11H,7-8,10H2,1-4H3,(H3,18,19,20). The van der Waals surface area contributed by atoms with Crippen LogP contribution in [-0.2, 0) is 13.0 Å². The number of nitrogens with one attached hydrogen (secondary N) is 1. The van der Waals surface area contributed by atoms with Gasteiger partial charge in [-0.05, 0) is 17.7 Å². The average molecular weight is 347 g/mol. The highest BCUT2D eigenvalue weighted by Gasteiger charge is 2.09. The lowest BCUT2D eigenvalue weighted by Crippen LogP contribution is -2.33. The van der Waals surface area contributed by atoms with Gasteiger partial charge in [-0.15, -0.1) is 0 Å². The summed E-state index contributed by atoms with van der Waals surface area (Å²) in [5, 5.41) is 6.96. The van der Waals surface area contributed by atoms with Crippen LogP contribution in [0.5, 0.6) is 11.5 Å². The maximum Gasteiger partial charge on any atom is 0.228 e. The number of benzene rings is 1. The van der Waals surface area contributed by atoms with E-state index < -0.39 is 0 Å². The molecule has 8 heteroatoms. The number of nitrogens with two attached hydrogens (primary N) is 1. The van der Waals surface area contributed by atoms with E-state index in [1.54, 1.807) is 14.2 Å². The molecule has 0 aliphatic rings. The zero-order valence-electron chi connectivity index (χ0n) is 15.1. The van der Waals surface area contributed by atoms with E-state index in [1.807, 2.05) is 32.0 Å². The number of methoxy groups -OCH3 is 2. The lowest BCUT2D eigenvalue weighted by atomic mass is 10.2. The van der Waals surface area contributed by atoms with Gasteiger partial charge in [-0.3, -0.25) is 0 Å². The van der Waals surface area contributed by atoms with Crippen molar-refractivity contribution in [1.82, 2.24) is 15.5 Å². The molecule has 0 aliphatic carbocycles. The first-order valence-electron chi connectivity index (χ1n) is 8.10. The summed E-state index contributed by atoms with van der Waals surface area (Å²) in [5.74, 6) is 3.26. The van der Waals surface area contributed by atoms with E-state index in [-0.39, 0.29) is 5.92 Å². The number of hydrogen-bond donors (Lipinski definition) is 2. The van der Waals surface area contributed by atoms with Crippen molar-refractivity contribution in [2.45, 2.75) is 32.7 Å². The fraction of sp³-hybridized carbons (Fsp3) is 0.471. The third-order valence-electron chi connectivity index (χ3n) is 3.53. The molecule has 2 rings (SSSR count). The van der Waals surface area contributed by atoms with Gasteiger partial charge >= 0.3 is 0 Å². The average Bonchev–Trinajstić information content (AvgIpc) is 3.09. The van der Waals surface area contributed by atoms with Gasteiger partial charge in [-0.2, -0.15) is 4.98 Å². The van der Waals surface area contributed by atoms with Gasteiger partial charge < -0.3 is 25.0 Å². The van der Waals surface area contributed by atoms with Gasteiger partial charge in [0.1, 0.15) is 0 Å². The van der Waals surface area contributed by atoms with Crippen LogP contribution in [0.2, 0.25) is 0 Å². The monoisotopic (exact) mass is 347 g/mol. The number of ether oxygens (including phenoxy) is 2. The lowest BCUT2D eigenvalue weighted by Gasteiger charge is -2.09. The molecule has 136 valence electrons. The molecule has 0 aliphatic heterocycles. The van der Waals surface area contributed by atoms with Crippen molar-refractivity contribution >= 4 is 5.96 Å². The molecule has 0 fully saturated rings. The van der Waals surface area contributed by atoms with E-state index in [2.05, 4.69) is 20.4 Å². The highest BCUT2D eigenvalue weighted by atomic mass is 16.5. The molecule has 0 radical (unpaired) electrons. The second-order valence-electron chi connectivity index (χ2n) is 5.77. The van der Waals surface area contributed by atoms with Crippen molar-refractivity contribution in [2.24, 2.45) is 10.7 Å². The summed E-state index contributed by atoms with van der Waals surface area (Å²) in [6.07, 6.45) is 0.590. The minimum Gasteiger partial charge on any atom is -0.493 e. The van der Waals surface area contributed by atoms with E-state index >= 15 is 0 Å². The smallest absolute Gasteiger partial charge is 0.228 e. The SMILES string of the molecule is COc1ccc(CN=C(N)NCCc2nc(C(C)C)no2)cc1OC. The van der Waals surface area contributed by atoms with Gasteiger partial charge in [0.15, 0.2) is 23.3 Å². The number of aromatic nitrogens is 2. The summed E-state index contributed by atoms with van der Waals surface area (Å²) >= 11 is 0. The first kappa shape index (κ1) is 18.6. The molecule has 2 aromatic rings. The fourth-order valence-electron chi connectivity index (χ4n) is 2.11. The maximum absolute atomic E-state index is 5.88. The Morgan fingerprint density at radius 2 is 2.04 bits per heavy atom. The molecule has 3 N–H and O–H groups in total. The van der Waals surface area contributed by atoms with Gasteiger partial charge in [-0.1, -0.05) is 25.1 Å². The zero-order chi connectivity index (χ0) is 18.2. The second kappa shape index (κ2) is 8.91. The Hall–Kier alpha value is -2.77. The Morgan fingerprint density at radius 1 is 1.28 bits per heavy atom. The highest BCUT2D eigenvalue weighted by molar-refractivity contribution is 5.77. The van der Waals surface area contributed by atoms with E-state index in [0.29, 0.717) is 48.7 Å². The summed E-state index contributed by atoms with van der Waals surface area (Å²) in [6.45, 7) is 5.05. The summed E-state index contributed by atoms with van der Waals surface area (Å²) in [7, 11) is 3.20. The number of nitrogens with zero attached hydrogens (tertiary/aromatic N) is 3. The van der Waals surface area contributed by atoms with Crippen molar-refractivity contribution in [3.63, 3.8) is 0 Å². The van der Waals surface area contributed by atoms with E-state index in [9.17, 15) is 0 Å². The largest absolute Gasteiger partial charge is 0.493 e. The molecule has 1 aromatic heterocycles. The summed E-state index contributed by atoms with van der Waals surface area (Å²) < 4.78 is 15.7. The molecule has 1 aromatic carbocycles. The first-order chi connectivity index (χ1) is 12.0.